The lowest BCUT2D eigenvalue weighted by Gasteiger charge is -2.40. The van der Waals surface area contributed by atoms with Crippen molar-refractivity contribution >= 4 is 18.3 Å². The molecule has 0 radical (unpaired) electrons. The first-order valence-electron chi connectivity index (χ1n) is 6.88. The molecule has 1 aromatic heterocycles. The van der Waals surface area contributed by atoms with Gasteiger partial charge in [0.05, 0.1) is 6.04 Å². The highest BCUT2D eigenvalue weighted by atomic mass is 35.5. The van der Waals surface area contributed by atoms with E-state index in [9.17, 15) is 4.79 Å². The zero-order valence-corrected chi connectivity index (χ0v) is 13.2. The van der Waals surface area contributed by atoms with E-state index in [0.717, 1.165) is 24.9 Å². The Morgan fingerprint density at radius 3 is 2.90 bits per heavy atom. The van der Waals surface area contributed by atoms with Crippen LogP contribution in [0.5, 0.6) is 0 Å². The van der Waals surface area contributed by atoms with Gasteiger partial charge in [-0.15, -0.1) is 12.4 Å². The van der Waals surface area contributed by atoms with Gasteiger partial charge in [-0.2, -0.15) is 0 Å². The fraction of sp³-hybridized carbons (Fsp3) is 0.600. The van der Waals surface area contributed by atoms with E-state index in [-0.39, 0.29) is 29.8 Å². The van der Waals surface area contributed by atoms with Crippen LogP contribution in [0.25, 0.3) is 0 Å². The SMILES string of the molecule is CN(Cc1cccnc1)C(=O)C1NCCCC1(C)C.Cl. The van der Waals surface area contributed by atoms with Crippen molar-refractivity contribution in [2.45, 2.75) is 39.3 Å². The minimum Gasteiger partial charge on any atom is -0.340 e. The Kier molecular flexibility index (Phi) is 5.96. The fourth-order valence-corrected chi connectivity index (χ4v) is 2.70. The van der Waals surface area contributed by atoms with Crippen molar-refractivity contribution in [3.8, 4) is 0 Å². The minimum atomic E-state index is -0.0806. The molecular weight excluding hydrogens is 274 g/mol. The van der Waals surface area contributed by atoms with Gasteiger partial charge in [0, 0.05) is 26.0 Å². The van der Waals surface area contributed by atoms with Crippen LogP contribution in [0.15, 0.2) is 24.5 Å². The second-order valence-electron chi connectivity index (χ2n) is 6.03. The number of carbonyl (C=O) groups excluding carboxylic acids is 1. The van der Waals surface area contributed by atoms with E-state index in [2.05, 4.69) is 24.1 Å². The minimum absolute atomic E-state index is 0. The summed E-state index contributed by atoms with van der Waals surface area (Å²) in [5.41, 5.74) is 1.09. The van der Waals surface area contributed by atoms with Gasteiger partial charge >= 0.3 is 0 Å². The van der Waals surface area contributed by atoms with Gasteiger partial charge in [0.2, 0.25) is 5.91 Å². The summed E-state index contributed by atoms with van der Waals surface area (Å²) in [5, 5.41) is 3.37. The molecule has 4 nitrogen and oxygen atoms in total. The zero-order valence-electron chi connectivity index (χ0n) is 12.4. The Labute approximate surface area is 127 Å². The molecule has 0 spiro atoms. The first kappa shape index (κ1) is 16.9. The van der Waals surface area contributed by atoms with Crippen molar-refractivity contribution in [1.29, 1.82) is 0 Å². The van der Waals surface area contributed by atoms with Crippen LogP contribution in [0.2, 0.25) is 0 Å². The molecule has 112 valence electrons. The van der Waals surface area contributed by atoms with Crippen LogP contribution in [-0.2, 0) is 11.3 Å². The van der Waals surface area contributed by atoms with Gasteiger partial charge in [-0.05, 0) is 36.4 Å². The number of likely N-dealkylation sites (N-methyl/N-ethyl adjacent to an activating group) is 1. The first-order valence-corrected chi connectivity index (χ1v) is 6.88. The third-order valence-electron chi connectivity index (χ3n) is 3.89. The molecule has 0 aromatic carbocycles. The van der Waals surface area contributed by atoms with Crippen LogP contribution >= 0.6 is 12.4 Å². The number of aromatic nitrogens is 1. The highest BCUT2D eigenvalue weighted by Crippen LogP contribution is 2.31. The number of nitrogens with one attached hydrogen (secondary N) is 1. The number of halogens is 1. The second kappa shape index (κ2) is 7.04. The predicted octanol–water partition coefficient (Wildman–Crippen LogP) is 2.24. The standard InChI is InChI=1S/C15H23N3O.ClH/c1-15(2)7-5-9-17-13(15)14(19)18(3)11-12-6-4-8-16-10-12;/h4,6,8,10,13,17H,5,7,9,11H2,1-3H3;1H. The maximum absolute atomic E-state index is 12.6. The summed E-state index contributed by atoms with van der Waals surface area (Å²) in [6.45, 7) is 5.88. The number of hydrogen-bond acceptors (Lipinski definition) is 3. The molecule has 0 aliphatic carbocycles. The Bertz CT molecular complexity index is 436. The maximum atomic E-state index is 12.6. The topological polar surface area (TPSA) is 45.2 Å². The number of rotatable bonds is 3. The largest absolute Gasteiger partial charge is 0.340 e. The van der Waals surface area contributed by atoms with Crippen LogP contribution in [0.4, 0.5) is 0 Å². The van der Waals surface area contributed by atoms with E-state index >= 15 is 0 Å². The summed E-state index contributed by atoms with van der Waals surface area (Å²) in [7, 11) is 1.86. The summed E-state index contributed by atoms with van der Waals surface area (Å²) in [4.78, 5) is 18.4. The summed E-state index contributed by atoms with van der Waals surface area (Å²) < 4.78 is 0. The average Bonchev–Trinajstić information content (AvgIpc) is 2.38. The second-order valence-corrected chi connectivity index (χ2v) is 6.03. The van der Waals surface area contributed by atoms with Crippen LogP contribution in [-0.4, -0.2) is 35.4 Å². The van der Waals surface area contributed by atoms with E-state index in [4.69, 9.17) is 0 Å². The van der Waals surface area contributed by atoms with Gasteiger partial charge in [-0.3, -0.25) is 9.78 Å². The van der Waals surface area contributed by atoms with Gasteiger partial charge in [0.25, 0.3) is 0 Å². The van der Waals surface area contributed by atoms with E-state index in [1.165, 1.54) is 0 Å². The lowest BCUT2D eigenvalue weighted by molar-refractivity contribution is -0.136. The summed E-state index contributed by atoms with van der Waals surface area (Å²) >= 11 is 0. The molecule has 1 amide bonds. The van der Waals surface area contributed by atoms with E-state index in [1.807, 2.05) is 25.4 Å². The van der Waals surface area contributed by atoms with Crippen LogP contribution < -0.4 is 5.32 Å². The van der Waals surface area contributed by atoms with Gasteiger partial charge in [-0.1, -0.05) is 19.9 Å². The van der Waals surface area contributed by atoms with Gasteiger partial charge in [0.1, 0.15) is 0 Å². The van der Waals surface area contributed by atoms with E-state index < -0.39 is 0 Å². The monoisotopic (exact) mass is 297 g/mol. The normalized spacial score (nSPS) is 20.9. The molecule has 1 aromatic rings. The number of carbonyl (C=O) groups is 1. The van der Waals surface area contributed by atoms with Crippen LogP contribution in [0, 0.1) is 5.41 Å². The molecule has 5 heteroatoms. The molecule has 1 atom stereocenters. The molecule has 0 saturated carbocycles. The molecule has 2 heterocycles. The van der Waals surface area contributed by atoms with Crippen molar-refractivity contribution in [3.63, 3.8) is 0 Å². The molecule has 1 aliphatic heterocycles. The Hall–Kier alpha value is -1.13. The number of hydrogen-bond donors (Lipinski definition) is 1. The first-order chi connectivity index (χ1) is 9.00. The van der Waals surface area contributed by atoms with Gasteiger partial charge < -0.3 is 10.2 Å². The van der Waals surface area contributed by atoms with Crippen molar-refractivity contribution in [1.82, 2.24) is 15.2 Å². The van der Waals surface area contributed by atoms with Gasteiger partial charge in [0.15, 0.2) is 0 Å². The van der Waals surface area contributed by atoms with E-state index in [0.29, 0.717) is 6.54 Å². The smallest absolute Gasteiger partial charge is 0.240 e. The third kappa shape index (κ3) is 3.93. The van der Waals surface area contributed by atoms with Gasteiger partial charge in [-0.25, -0.2) is 0 Å². The van der Waals surface area contributed by atoms with Crippen molar-refractivity contribution in [2.24, 2.45) is 5.41 Å². The molecule has 20 heavy (non-hydrogen) atoms. The van der Waals surface area contributed by atoms with E-state index in [1.54, 1.807) is 11.1 Å². The maximum Gasteiger partial charge on any atom is 0.240 e. The number of nitrogens with zero attached hydrogens (tertiary/aromatic N) is 2. The lowest BCUT2D eigenvalue weighted by Crippen LogP contribution is -2.55. The molecule has 0 bridgehead atoms. The zero-order chi connectivity index (χ0) is 13.9. The van der Waals surface area contributed by atoms with Crippen LogP contribution in [0.1, 0.15) is 32.3 Å². The number of amides is 1. The summed E-state index contributed by atoms with van der Waals surface area (Å²) in [5.74, 6) is 0.175. The molecule has 1 saturated heterocycles. The molecule has 1 N–H and O–H groups in total. The third-order valence-corrected chi connectivity index (χ3v) is 3.89. The summed E-state index contributed by atoms with van der Waals surface area (Å²) in [6.07, 6.45) is 5.79. The number of pyridine rings is 1. The Morgan fingerprint density at radius 2 is 2.30 bits per heavy atom. The molecular formula is C15H24ClN3O. The van der Waals surface area contributed by atoms with Crippen LogP contribution in [0.3, 0.4) is 0 Å². The number of piperidine rings is 1. The predicted molar refractivity (Wildman–Crippen MR) is 82.8 cm³/mol. The Morgan fingerprint density at radius 1 is 1.55 bits per heavy atom. The molecule has 2 rings (SSSR count). The quantitative estimate of drug-likeness (QED) is 0.931. The lowest BCUT2D eigenvalue weighted by atomic mass is 9.77. The molecule has 1 fully saturated rings. The Balaban J connectivity index is 0.00000200. The fourth-order valence-electron chi connectivity index (χ4n) is 2.70. The highest BCUT2D eigenvalue weighted by Gasteiger charge is 2.38. The summed E-state index contributed by atoms with van der Waals surface area (Å²) in [6, 6.07) is 3.81. The molecule has 1 unspecified atom stereocenters. The molecule has 1 aliphatic rings. The van der Waals surface area contributed by atoms with Crippen molar-refractivity contribution < 1.29 is 4.79 Å². The highest BCUT2D eigenvalue weighted by molar-refractivity contribution is 5.85. The van der Waals surface area contributed by atoms with Crippen molar-refractivity contribution in [3.05, 3.63) is 30.1 Å². The van der Waals surface area contributed by atoms with Crippen molar-refractivity contribution in [2.75, 3.05) is 13.6 Å². The average molecular weight is 298 g/mol.